The largest absolute Gasteiger partial charge is 0.366 e. The number of carbonyl (C=O) groups is 2. The minimum atomic E-state index is -0.479. The van der Waals surface area contributed by atoms with Crippen LogP contribution < -0.4 is 16.4 Å². The number of rotatable bonds is 4. The van der Waals surface area contributed by atoms with E-state index in [0.29, 0.717) is 23.4 Å². The maximum atomic E-state index is 12.7. The first-order valence-electron chi connectivity index (χ1n) is 7.42. The summed E-state index contributed by atoms with van der Waals surface area (Å²) in [7, 11) is 0. The molecular weight excluding hydrogens is 266 g/mol. The van der Waals surface area contributed by atoms with Gasteiger partial charge in [0, 0.05) is 17.8 Å². The Hall–Kier alpha value is -1.88. The van der Waals surface area contributed by atoms with Crippen molar-refractivity contribution < 1.29 is 9.59 Å². The topological polar surface area (TPSA) is 84.2 Å². The summed E-state index contributed by atoms with van der Waals surface area (Å²) in [5.41, 5.74) is 6.80. The summed E-state index contributed by atoms with van der Waals surface area (Å²) in [5.74, 6) is -0.463. The van der Waals surface area contributed by atoms with E-state index in [4.69, 9.17) is 5.73 Å². The van der Waals surface area contributed by atoms with Gasteiger partial charge in [0.25, 0.3) is 0 Å². The molecule has 1 aromatic rings. The van der Waals surface area contributed by atoms with Gasteiger partial charge in [-0.15, -0.1) is 0 Å². The molecule has 0 radical (unpaired) electrons. The summed E-state index contributed by atoms with van der Waals surface area (Å²) in [5, 5.41) is 6.28. The second-order valence-electron chi connectivity index (χ2n) is 5.71. The van der Waals surface area contributed by atoms with Crippen LogP contribution in [0.3, 0.4) is 0 Å². The molecule has 0 bridgehead atoms. The van der Waals surface area contributed by atoms with E-state index in [0.717, 1.165) is 25.8 Å². The predicted octanol–water partition coefficient (Wildman–Crippen LogP) is 1.81. The summed E-state index contributed by atoms with van der Waals surface area (Å²) in [6, 6.07) is 5.21. The number of amides is 2. The molecule has 4 N–H and O–H groups in total. The molecule has 21 heavy (non-hydrogen) atoms. The van der Waals surface area contributed by atoms with Crippen LogP contribution in [0.25, 0.3) is 0 Å². The lowest BCUT2D eigenvalue weighted by Crippen LogP contribution is -2.47. The summed E-state index contributed by atoms with van der Waals surface area (Å²) < 4.78 is 0. The summed E-state index contributed by atoms with van der Waals surface area (Å²) in [4.78, 5) is 24.1. The molecule has 0 aromatic heterocycles. The van der Waals surface area contributed by atoms with Crippen LogP contribution in [-0.2, 0) is 4.79 Å². The first-order chi connectivity index (χ1) is 10.00. The van der Waals surface area contributed by atoms with Crippen molar-refractivity contribution in [2.75, 3.05) is 18.4 Å². The molecule has 114 valence electrons. The Labute approximate surface area is 125 Å². The first kappa shape index (κ1) is 15.5. The van der Waals surface area contributed by atoms with Gasteiger partial charge in [-0.2, -0.15) is 0 Å². The molecule has 1 aliphatic heterocycles. The lowest BCUT2D eigenvalue weighted by Gasteiger charge is -2.35. The Morgan fingerprint density at radius 3 is 2.76 bits per heavy atom. The fourth-order valence-corrected chi connectivity index (χ4v) is 2.92. The lowest BCUT2D eigenvalue weighted by atomic mass is 9.77. The third kappa shape index (κ3) is 3.08. The van der Waals surface area contributed by atoms with Crippen molar-refractivity contribution >= 4 is 17.5 Å². The van der Waals surface area contributed by atoms with E-state index < -0.39 is 5.91 Å². The standard InChI is InChI=1S/C16H23N3O2/c1-3-16(8-5-9-18-10-16)15(21)19-13-7-4-6-12(11(13)2)14(17)20/h4,6-7,18H,3,5,8-10H2,1-2H3,(H2,17,20)(H,19,21). The van der Waals surface area contributed by atoms with Crippen LogP contribution in [0.2, 0.25) is 0 Å². The monoisotopic (exact) mass is 289 g/mol. The van der Waals surface area contributed by atoms with Crippen molar-refractivity contribution in [1.29, 1.82) is 0 Å². The lowest BCUT2D eigenvalue weighted by molar-refractivity contribution is -0.126. The Morgan fingerprint density at radius 1 is 1.43 bits per heavy atom. The molecule has 5 heteroatoms. The van der Waals surface area contributed by atoms with Crippen molar-refractivity contribution in [1.82, 2.24) is 5.32 Å². The second kappa shape index (κ2) is 6.26. The summed E-state index contributed by atoms with van der Waals surface area (Å²) >= 11 is 0. The molecule has 1 saturated heterocycles. The van der Waals surface area contributed by atoms with Gasteiger partial charge in [-0.25, -0.2) is 0 Å². The number of hydrogen-bond acceptors (Lipinski definition) is 3. The highest BCUT2D eigenvalue weighted by molar-refractivity contribution is 6.00. The highest BCUT2D eigenvalue weighted by atomic mass is 16.2. The van der Waals surface area contributed by atoms with E-state index in [2.05, 4.69) is 10.6 Å². The Balaban J connectivity index is 2.23. The van der Waals surface area contributed by atoms with Gasteiger partial charge in [0.05, 0.1) is 5.41 Å². The Kier molecular flexibility index (Phi) is 4.63. The molecule has 1 heterocycles. The number of benzene rings is 1. The van der Waals surface area contributed by atoms with Crippen LogP contribution >= 0.6 is 0 Å². The number of carbonyl (C=O) groups excluding carboxylic acids is 2. The van der Waals surface area contributed by atoms with E-state index in [1.165, 1.54) is 0 Å². The van der Waals surface area contributed by atoms with Crippen LogP contribution in [-0.4, -0.2) is 24.9 Å². The van der Waals surface area contributed by atoms with Crippen molar-refractivity contribution in [3.05, 3.63) is 29.3 Å². The summed E-state index contributed by atoms with van der Waals surface area (Å²) in [6.45, 7) is 5.50. The maximum absolute atomic E-state index is 12.7. The van der Waals surface area contributed by atoms with E-state index in [-0.39, 0.29) is 11.3 Å². The molecule has 0 saturated carbocycles. The van der Waals surface area contributed by atoms with Gasteiger partial charge in [-0.1, -0.05) is 13.0 Å². The second-order valence-corrected chi connectivity index (χ2v) is 5.71. The van der Waals surface area contributed by atoms with Gasteiger partial charge < -0.3 is 16.4 Å². The van der Waals surface area contributed by atoms with E-state index in [9.17, 15) is 9.59 Å². The fraction of sp³-hybridized carbons (Fsp3) is 0.500. The van der Waals surface area contributed by atoms with Crippen molar-refractivity contribution in [2.45, 2.75) is 33.1 Å². The number of nitrogens with one attached hydrogen (secondary N) is 2. The van der Waals surface area contributed by atoms with Gasteiger partial charge >= 0.3 is 0 Å². The van der Waals surface area contributed by atoms with Gasteiger partial charge in [0.15, 0.2) is 0 Å². The molecule has 1 atom stereocenters. The average molecular weight is 289 g/mol. The average Bonchev–Trinajstić information content (AvgIpc) is 2.49. The molecule has 1 fully saturated rings. The minimum absolute atomic E-state index is 0.0157. The van der Waals surface area contributed by atoms with Gasteiger partial charge in [0.1, 0.15) is 0 Å². The molecule has 5 nitrogen and oxygen atoms in total. The minimum Gasteiger partial charge on any atom is -0.366 e. The number of hydrogen-bond donors (Lipinski definition) is 3. The maximum Gasteiger partial charge on any atom is 0.249 e. The molecule has 1 unspecified atom stereocenters. The Bertz CT molecular complexity index is 548. The van der Waals surface area contributed by atoms with Crippen LogP contribution in [0.5, 0.6) is 0 Å². The molecule has 1 aliphatic rings. The van der Waals surface area contributed by atoms with Gasteiger partial charge in [-0.05, 0) is 50.4 Å². The zero-order valence-corrected chi connectivity index (χ0v) is 12.7. The van der Waals surface area contributed by atoms with E-state index in [1.54, 1.807) is 25.1 Å². The van der Waals surface area contributed by atoms with Crippen molar-refractivity contribution in [3.63, 3.8) is 0 Å². The number of piperidine rings is 1. The first-order valence-corrected chi connectivity index (χ1v) is 7.42. The molecule has 1 aromatic carbocycles. The third-order valence-electron chi connectivity index (χ3n) is 4.48. The predicted molar refractivity (Wildman–Crippen MR) is 83.2 cm³/mol. The smallest absolute Gasteiger partial charge is 0.249 e. The van der Waals surface area contributed by atoms with Gasteiger partial charge in [-0.3, -0.25) is 9.59 Å². The highest BCUT2D eigenvalue weighted by Gasteiger charge is 2.38. The molecule has 0 spiro atoms. The molecule has 2 amide bonds. The van der Waals surface area contributed by atoms with Crippen molar-refractivity contribution in [3.8, 4) is 0 Å². The fourth-order valence-electron chi connectivity index (χ4n) is 2.92. The van der Waals surface area contributed by atoms with Crippen LogP contribution in [0.4, 0.5) is 5.69 Å². The van der Waals surface area contributed by atoms with Crippen LogP contribution in [0.1, 0.15) is 42.1 Å². The highest BCUT2D eigenvalue weighted by Crippen LogP contribution is 2.32. The number of primary amides is 1. The SMILES string of the molecule is CCC1(C(=O)Nc2cccc(C(N)=O)c2C)CCCNC1. The summed E-state index contributed by atoms with van der Waals surface area (Å²) in [6.07, 6.45) is 2.68. The van der Waals surface area contributed by atoms with Crippen LogP contribution in [0.15, 0.2) is 18.2 Å². The number of anilines is 1. The zero-order valence-electron chi connectivity index (χ0n) is 12.7. The third-order valence-corrected chi connectivity index (χ3v) is 4.48. The van der Waals surface area contributed by atoms with E-state index in [1.807, 2.05) is 6.92 Å². The quantitative estimate of drug-likeness (QED) is 0.790. The number of nitrogens with two attached hydrogens (primary N) is 1. The van der Waals surface area contributed by atoms with Crippen molar-refractivity contribution in [2.24, 2.45) is 11.1 Å². The normalized spacial score (nSPS) is 21.8. The Morgan fingerprint density at radius 2 is 2.19 bits per heavy atom. The zero-order chi connectivity index (χ0) is 15.5. The molecule has 2 rings (SSSR count). The molecule has 0 aliphatic carbocycles. The van der Waals surface area contributed by atoms with E-state index >= 15 is 0 Å². The van der Waals surface area contributed by atoms with Crippen LogP contribution in [0, 0.1) is 12.3 Å². The van der Waals surface area contributed by atoms with Gasteiger partial charge in [0.2, 0.25) is 11.8 Å². The molecular formula is C16H23N3O2.